The van der Waals surface area contributed by atoms with Gasteiger partial charge in [0, 0.05) is 19.6 Å². The molecule has 1 aliphatic rings. The van der Waals surface area contributed by atoms with E-state index in [4.69, 9.17) is 0 Å². The highest BCUT2D eigenvalue weighted by atomic mass is 15.1. The minimum absolute atomic E-state index is 0.520. The van der Waals surface area contributed by atoms with Crippen LogP contribution in [0.2, 0.25) is 0 Å². The first kappa shape index (κ1) is 14.9. The average Bonchev–Trinajstić information content (AvgIpc) is 3.30. The number of nitriles is 1. The normalized spacial score (nSPS) is 15.7. The van der Waals surface area contributed by atoms with E-state index in [1.165, 1.54) is 18.4 Å². The molecular weight excluding hydrogens is 246 g/mol. The van der Waals surface area contributed by atoms with Crippen LogP contribution in [0.1, 0.15) is 44.2 Å². The molecule has 1 aliphatic carbocycles. The minimum Gasteiger partial charge on any atom is -0.371 e. The molecule has 2 rings (SSSR count). The molecule has 3 heteroatoms. The quantitative estimate of drug-likeness (QED) is 0.773. The predicted octanol–water partition coefficient (Wildman–Crippen LogP) is 3.29. The van der Waals surface area contributed by atoms with Crippen molar-refractivity contribution >= 4 is 5.69 Å². The Kier molecular flexibility index (Phi) is 5.03. The van der Waals surface area contributed by atoms with E-state index in [1.807, 2.05) is 6.07 Å². The van der Waals surface area contributed by atoms with E-state index in [9.17, 15) is 5.26 Å². The molecule has 1 aromatic carbocycles. The Morgan fingerprint density at radius 2 is 2.20 bits per heavy atom. The van der Waals surface area contributed by atoms with Crippen LogP contribution in [0.3, 0.4) is 0 Å². The molecule has 1 atom stereocenters. The van der Waals surface area contributed by atoms with Crippen LogP contribution in [0.25, 0.3) is 0 Å². The lowest BCUT2D eigenvalue weighted by Crippen LogP contribution is -2.31. The van der Waals surface area contributed by atoms with E-state index < -0.39 is 0 Å². The van der Waals surface area contributed by atoms with Crippen LogP contribution in [0.15, 0.2) is 18.2 Å². The van der Waals surface area contributed by atoms with Crippen LogP contribution in [-0.2, 0) is 6.54 Å². The predicted molar refractivity (Wildman–Crippen MR) is 83.7 cm³/mol. The molecule has 0 radical (unpaired) electrons. The van der Waals surface area contributed by atoms with E-state index in [-0.39, 0.29) is 0 Å². The zero-order chi connectivity index (χ0) is 14.5. The van der Waals surface area contributed by atoms with Gasteiger partial charge in [0.25, 0.3) is 0 Å². The third kappa shape index (κ3) is 3.52. The van der Waals surface area contributed by atoms with Gasteiger partial charge in [0.15, 0.2) is 0 Å². The van der Waals surface area contributed by atoms with Crippen LogP contribution in [0.5, 0.6) is 0 Å². The summed E-state index contributed by atoms with van der Waals surface area (Å²) in [5.74, 6) is 0.803. The maximum atomic E-state index is 9.40. The molecule has 0 aromatic heterocycles. The first-order valence-corrected chi connectivity index (χ1v) is 7.64. The molecule has 3 nitrogen and oxygen atoms in total. The van der Waals surface area contributed by atoms with E-state index in [0.29, 0.717) is 6.04 Å². The first-order valence-electron chi connectivity index (χ1n) is 7.64. The largest absolute Gasteiger partial charge is 0.371 e. The summed E-state index contributed by atoms with van der Waals surface area (Å²) in [6.45, 7) is 6.27. The third-order valence-electron chi connectivity index (χ3n) is 4.23. The molecule has 1 N–H and O–H groups in total. The number of nitrogens with zero attached hydrogens (tertiary/aromatic N) is 2. The molecule has 0 heterocycles. The Labute approximate surface area is 122 Å². The van der Waals surface area contributed by atoms with Crippen molar-refractivity contribution < 1.29 is 0 Å². The van der Waals surface area contributed by atoms with Gasteiger partial charge in [-0.1, -0.05) is 13.0 Å². The average molecular weight is 271 g/mol. The van der Waals surface area contributed by atoms with Gasteiger partial charge in [0.2, 0.25) is 0 Å². The number of nitrogens with one attached hydrogen (secondary N) is 1. The fourth-order valence-corrected chi connectivity index (χ4v) is 2.61. The fraction of sp³-hybridized carbons (Fsp3) is 0.588. The van der Waals surface area contributed by atoms with Crippen molar-refractivity contribution in [2.75, 3.05) is 18.5 Å². The maximum Gasteiger partial charge on any atom is 0.101 e. The molecule has 0 spiro atoms. The summed E-state index contributed by atoms with van der Waals surface area (Å²) in [6.07, 6.45) is 3.78. The van der Waals surface area contributed by atoms with Gasteiger partial charge in [-0.05, 0) is 56.3 Å². The molecule has 1 saturated carbocycles. The lowest BCUT2D eigenvalue weighted by molar-refractivity contribution is 0.608. The van der Waals surface area contributed by atoms with Crippen molar-refractivity contribution in [1.29, 1.82) is 5.26 Å². The zero-order valence-corrected chi connectivity index (χ0v) is 12.8. The highest BCUT2D eigenvalue weighted by Gasteiger charge is 2.31. The van der Waals surface area contributed by atoms with E-state index in [1.54, 1.807) is 0 Å². The summed E-state index contributed by atoms with van der Waals surface area (Å²) in [5.41, 5.74) is 3.04. The Bertz CT molecular complexity index is 485. The Morgan fingerprint density at radius 1 is 1.45 bits per heavy atom. The summed E-state index contributed by atoms with van der Waals surface area (Å²) < 4.78 is 0. The van der Waals surface area contributed by atoms with Crippen molar-refractivity contribution in [1.82, 2.24) is 5.32 Å². The van der Waals surface area contributed by atoms with Gasteiger partial charge in [0.1, 0.15) is 6.07 Å². The van der Waals surface area contributed by atoms with Gasteiger partial charge in [-0.15, -0.1) is 0 Å². The van der Waals surface area contributed by atoms with Crippen molar-refractivity contribution in [2.24, 2.45) is 5.92 Å². The van der Waals surface area contributed by atoms with Gasteiger partial charge in [0.05, 0.1) is 11.3 Å². The standard InChI is InChI=1S/C17H25N3/c1-4-9-19-12-14-5-8-17(16(10-14)11-18)20(3)13(2)15-6-7-15/h5,8,10,13,15,19H,4,6-7,9,12H2,1-3H3. The summed E-state index contributed by atoms with van der Waals surface area (Å²) in [6, 6.07) is 9.13. The molecule has 0 bridgehead atoms. The summed E-state index contributed by atoms with van der Waals surface area (Å²) in [4.78, 5) is 2.26. The van der Waals surface area contributed by atoms with Gasteiger partial charge < -0.3 is 10.2 Å². The van der Waals surface area contributed by atoms with Gasteiger partial charge in [-0.2, -0.15) is 5.26 Å². The third-order valence-corrected chi connectivity index (χ3v) is 4.23. The number of hydrogen-bond acceptors (Lipinski definition) is 3. The fourth-order valence-electron chi connectivity index (χ4n) is 2.61. The highest BCUT2D eigenvalue weighted by molar-refractivity contribution is 5.60. The van der Waals surface area contributed by atoms with Crippen LogP contribution in [0, 0.1) is 17.2 Å². The van der Waals surface area contributed by atoms with Crippen LogP contribution < -0.4 is 10.2 Å². The van der Waals surface area contributed by atoms with Crippen molar-refractivity contribution in [3.8, 4) is 6.07 Å². The zero-order valence-electron chi connectivity index (χ0n) is 12.8. The monoisotopic (exact) mass is 271 g/mol. The minimum atomic E-state index is 0.520. The highest BCUT2D eigenvalue weighted by Crippen LogP contribution is 2.37. The number of benzene rings is 1. The molecule has 1 aromatic rings. The summed E-state index contributed by atoms with van der Waals surface area (Å²) in [5, 5.41) is 12.8. The van der Waals surface area contributed by atoms with Crippen molar-refractivity contribution in [2.45, 2.75) is 45.7 Å². The maximum absolute atomic E-state index is 9.40. The van der Waals surface area contributed by atoms with E-state index in [2.05, 4.69) is 49.3 Å². The smallest absolute Gasteiger partial charge is 0.101 e. The van der Waals surface area contributed by atoms with E-state index in [0.717, 1.165) is 36.7 Å². The molecule has 20 heavy (non-hydrogen) atoms. The van der Waals surface area contributed by atoms with Gasteiger partial charge >= 0.3 is 0 Å². The van der Waals surface area contributed by atoms with Crippen molar-refractivity contribution in [3.05, 3.63) is 29.3 Å². The first-order chi connectivity index (χ1) is 9.67. The second-order valence-corrected chi connectivity index (χ2v) is 5.83. The second-order valence-electron chi connectivity index (χ2n) is 5.83. The molecule has 0 amide bonds. The van der Waals surface area contributed by atoms with Crippen LogP contribution in [-0.4, -0.2) is 19.6 Å². The lowest BCUT2D eigenvalue weighted by atomic mass is 10.1. The van der Waals surface area contributed by atoms with Crippen LogP contribution in [0.4, 0.5) is 5.69 Å². The van der Waals surface area contributed by atoms with Gasteiger partial charge in [-0.25, -0.2) is 0 Å². The SMILES string of the molecule is CCCNCc1ccc(N(C)C(C)C2CC2)c(C#N)c1. The Hall–Kier alpha value is -1.53. The molecule has 1 fully saturated rings. The summed E-state index contributed by atoms with van der Waals surface area (Å²) in [7, 11) is 2.11. The number of hydrogen-bond donors (Lipinski definition) is 1. The Balaban J connectivity index is 2.11. The molecule has 0 saturated heterocycles. The number of rotatable bonds is 7. The lowest BCUT2D eigenvalue weighted by Gasteiger charge is -2.28. The van der Waals surface area contributed by atoms with Gasteiger partial charge in [-0.3, -0.25) is 0 Å². The van der Waals surface area contributed by atoms with Crippen molar-refractivity contribution in [3.63, 3.8) is 0 Å². The second kappa shape index (κ2) is 6.76. The summed E-state index contributed by atoms with van der Waals surface area (Å²) >= 11 is 0. The molecule has 108 valence electrons. The molecular formula is C17H25N3. The Morgan fingerprint density at radius 3 is 2.80 bits per heavy atom. The van der Waals surface area contributed by atoms with E-state index >= 15 is 0 Å². The van der Waals surface area contributed by atoms with Crippen LogP contribution >= 0.6 is 0 Å². The number of anilines is 1. The topological polar surface area (TPSA) is 39.1 Å². The molecule has 0 aliphatic heterocycles. The molecule has 1 unspecified atom stereocenters.